The summed E-state index contributed by atoms with van der Waals surface area (Å²) >= 11 is 0. The molecule has 0 radical (unpaired) electrons. The topological polar surface area (TPSA) is 20.2 Å². The van der Waals surface area contributed by atoms with E-state index >= 15 is 0 Å². The highest BCUT2D eigenvalue weighted by Gasteiger charge is 2.81. The van der Waals surface area contributed by atoms with Crippen LogP contribution in [0.3, 0.4) is 0 Å². The third-order valence-corrected chi connectivity index (χ3v) is 13.1. The molecule has 10 atom stereocenters. The van der Waals surface area contributed by atoms with Gasteiger partial charge in [-0.2, -0.15) is 0 Å². The van der Waals surface area contributed by atoms with E-state index in [-0.39, 0.29) is 6.10 Å². The van der Waals surface area contributed by atoms with Crippen molar-refractivity contribution in [3.05, 3.63) is 12.2 Å². The second-order valence-corrected chi connectivity index (χ2v) is 14.0. The van der Waals surface area contributed by atoms with Crippen LogP contribution in [0.25, 0.3) is 0 Å². The SMILES string of the molecule is C=C(CC[C@@H](C)[C@H]1CC[C@@]2(C)[C@@H]3CC[C@H]4[C@H](C)[C@H](O)CC[C@@]45C[C@@]35CC[C@]12C)C(C)C. The average molecular weight is 427 g/mol. The first-order chi connectivity index (χ1) is 14.5. The Balaban J connectivity index is 1.37. The van der Waals surface area contributed by atoms with Crippen molar-refractivity contribution in [1.29, 1.82) is 0 Å². The Kier molecular flexibility index (Phi) is 5.15. The summed E-state index contributed by atoms with van der Waals surface area (Å²) in [5.74, 6) is 4.63. The molecule has 5 fully saturated rings. The number of hydrogen-bond acceptors (Lipinski definition) is 1. The number of fused-ring (bicyclic) bond motifs is 2. The Morgan fingerprint density at radius 3 is 2.39 bits per heavy atom. The van der Waals surface area contributed by atoms with Crippen LogP contribution in [0.2, 0.25) is 0 Å². The third kappa shape index (κ3) is 2.77. The van der Waals surface area contributed by atoms with Gasteiger partial charge >= 0.3 is 0 Å². The van der Waals surface area contributed by atoms with Crippen LogP contribution in [0.15, 0.2) is 12.2 Å². The lowest BCUT2D eigenvalue weighted by atomic mass is 9.43. The molecule has 0 aliphatic heterocycles. The number of rotatable bonds is 5. The van der Waals surface area contributed by atoms with Gasteiger partial charge in [0.1, 0.15) is 0 Å². The maximum absolute atomic E-state index is 10.6. The molecule has 0 heterocycles. The standard InChI is InChI=1S/C30H50O/c1-19(2)20(3)8-9-21(4)23-12-14-28(7)26-11-10-24-22(5)25(31)13-15-29(24)18-30(26,29)17-16-27(23,28)6/h19,21-26,31H,3,8-18H2,1-2,4-7H3/t21-,22+,23-,24+,25-,26+,27-,28+,29-,30+/m1/s1. The van der Waals surface area contributed by atoms with Gasteiger partial charge < -0.3 is 5.11 Å². The second kappa shape index (κ2) is 7.10. The van der Waals surface area contributed by atoms with Gasteiger partial charge in [-0.15, -0.1) is 0 Å². The molecule has 31 heavy (non-hydrogen) atoms. The largest absolute Gasteiger partial charge is 0.393 e. The van der Waals surface area contributed by atoms with Gasteiger partial charge in [-0.1, -0.05) is 53.7 Å². The van der Waals surface area contributed by atoms with E-state index in [1.165, 1.54) is 69.8 Å². The maximum atomic E-state index is 10.6. The summed E-state index contributed by atoms with van der Waals surface area (Å²) in [5.41, 5.74) is 3.76. The van der Waals surface area contributed by atoms with Gasteiger partial charge in [-0.25, -0.2) is 0 Å². The fourth-order valence-electron chi connectivity index (χ4n) is 10.9. The molecular weight excluding hydrogens is 376 g/mol. The van der Waals surface area contributed by atoms with E-state index in [2.05, 4.69) is 48.1 Å². The van der Waals surface area contributed by atoms with E-state index in [1.54, 1.807) is 0 Å². The van der Waals surface area contributed by atoms with Crippen molar-refractivity contribution >= 4 is 0 Å². The molecule has 5 rings (SSSR count). The van der Waals surface area contributed by atoms with Crippen molar-refractivity contribution in [2.75, 3.05) is 0 Å². The summed E-state index contributed by atoms with van der Waals surface area (Å²) in [4.78, 5) is 0. The lowest BCUT2D eigenvalue weighted by Gasteiger charge is -2.62. The van der Waals surface area contributed by atoms with Gasteiger partial charge in [0.15, 0.2) is 0 Å². The van der Waals surface area contributed by atoms with Gasteiger partial charge in [0.25, 0.3) is 0 Å². The lowest BCUT2D eigenvalue weighted by molar-refractivity contribution is -0.142. The molecule has 176 valence electrons. The third-order valence-electron chi connectivity index (χ3n) is 13.1. The van der Waals surface area contributed by atoms with Gasteiger partial charge in [0.2, 0.25) is 0 Å². The van der Waals surface area contributed by atoms with Crippen LogP contribution < -0.4 is 0 Å². The smallest absolute Gasteiger partial charge is 0.0568 e. The van der Waals surface area contributed by atoms with E-state index in [0.29, 0.717) is 33.5 Å². The normalized spacial score (nSPS) is 53.9. The molecule has 5 saturated carbocycles. The zero-order chi connectivity index (χ0) is 22.4. The first kappa shape index (κ1) is 22.5. The van der Waals surface area contributed by atoms with Gasteiger partial charge in [-0.05, 0) is 128 Å². The van der Waals surface area contributed by atoms with E-state index in [1.807, 2.05) is 0 Å². The predicted molar refractivity (Wildman–Crippen MR) is 131 cm³/mol. The number of aliphatic hydroxyl groups excluding tert-OH is 1. The van der Waals surface area contributed by atoms with Crippen molar-refractivity contribution in [3.63, 3.8) is 0 Å². The average Bonchev–Trinajstić information content (AvgIpc) is 3.31. The number of aliphatic hydroxyl groups is 1. The quantitative estimate of drug-likeness (QED) is 0.441. The van der Waals surface area contributed by atoms with Crippen molar-refractivity contribution in [3.8, 4) is 0 Å². The molecule has 1 nitrogen and oxygen atoms in total. The summed E-state index contributed by atoms with van der Waals surface area (Å²) in [7, 11) is 0. The van der Waals surface area contributed by atoms with Gasteiger partial charge in [0, 0.05) is 0 Å². The fourth-order valence-corrected chi connectivity index (χ4v) is 10.9. The minimum absolute atomic E-state index is 0.0356. The highest BCUT2D eigenvalue weighted by atomic mass is 16.3. The van der Waals surface area contributed by atoms with Crippen LogP contribution >= 0.6 is 0 Å². The molecular formula is C30H50O. The molecule has 5 aliphatic rings. The van der Waals surface area contributed by atoms with Crippen LogP contribution in [-0.2, 0) is 0 Å². The highest BCUT2D eigenvalue weighted by Crippen LogP contribution is 2.88. The van der Waals surface area contributed by atoms with Crippen LogP contribution in [0.5, 0.6) is 0 Å². The molecule has 1 heteroatoms. The maximum Gasteiger partial charge on any atom is 0.0568 e. The molecule has 0 aromatic heterocycles. The summed E-state index contributed by atoms with van der Waals surface area (Å²) in [6, 6.07) is 0. The van der Waals surface area contributed by atoms with Crippen LogP contribution in [-0.4, -0.2) is 11.2 Å². The fraction of sp³-hybridized carbons (Fsp3) is 0.933. The highest BCUT2D eigenvalue weighted by molar-refractivity contribution is 5.29. The molecule has 0 unspecified atom stereocenters. The molecule has 0 amide bonds. The molecule has 0 bridgehead atoms. The minimum atomic E-state index is -0.0356. The van der Waals surface area contributed by atoms with Crippen molar-refractivity contribution in [1.82, 2.24) is 0 Å². The Hall–Kier alpha value is -0.300. The zero-order valence-corrected chi connectivity index (χ0v) is 21.5. The first-order valence-corrected chi connectivity index (χ1v) is 13.9. The van der Waals surface area contributed by atoms with Gasteiger partial charge in [0.05, 0.1) is 6.10 Å². The van der Waals surface area contributed by atoms with E-state index in [4.69, 9.17) is 0 Å². The molecule has 0 saturated heterocycles. The monoisotopic (exact) mass is 426 g/mol. The Bertz CT molecular complexity index is 739. The molecule has 0 aromatic carbocycles. The predicted octanol–water partition coefficient (Wildman–Crippen LogP) is 8.02. The Morgan fingerprint density at radius 2 is 1.68 bits per heavy atom. The van der Waals surface area contributed by atoms with Crippen molar-refractivity contribution < 1.29 is 5.11 Å². The minimum Gasteiger partial charge on any atom is -0.393 e. The lowest BCUT2D eigenvalue weighted by Crippen LogP contribution is -2.55. The number of hydrogen-bond donors (Lipinski definition) is 1. The molecule has 1 N–H and O–H groups in total. The second-order valence-electron chi connectivity index (χ2n) is 14.0. The van der Waals surface area contributed by atoms with Crippen LogP contribution in [0.4, 0.5) is 0 Å². The van der Waals surface area contributed by atoms with E-state index < -0.39 is 0 Å². The molecule has 5 aliphatic carbocycles. The van der Waals surface area contributed by atoms with Crippen LogP contribution in [0, 0.1) is 57.2 Å². The summed E-state index contributed by atoms with van der Waals surface area (Å²) in [6.07, 6.45) is 15.1. The Morgan fingerprint density at radius 1 is 0.935 bits per heavy atom. The van der Waals surface area contributed by atoms with E-state index in [0.717, 1.165) is 30.1 Å². The summed E-state index contributed by atoms with van der Waals surface area (Å²) in [6.45, 7) is 19.4. The summed E-state index contributed by atoms with van der Waals surface area (Å²) < 4.78 is 0. The Labute approximate surface area is 192 Å². The molecule has 2 spiro atoms. The van der Waals surface area contributed by atoms with Crippen molar-refractivity contribution in [2.45, 2.75) is 118 Å². The number of allylic oxidation sites excluding steroid dienone is 1. The summed E-state index contributed by atoms with van der Waals surface area (Å²) in [5, 5.41) is 10.6. The van der Waals surface area contributed by atoms with Crippen LogP contribution in [0.1, 0.15) is 112 Å². The van der Waals surface area contributed by atoms with Crippen molar-refractivity contribution in [2.24, 2.45) is 57.2 Å². The first-order valence-electron chi connectivity index (χ1n) is 13.9. The molecule has 0 aromatic rings. The zero-order valence-electron chi connectivity index (χ0n) is 21.5. The van der Waals surface area contributed by atoms with E-state index in [9.17, 15) is 5.11 Å². The van der Waals surface area contributed by atoms with Gasteiger partial charge in [-0.3, -0.25) is 0 Å².